The third kappa shape index (κ3) is 7.02. The largest absolute Gasteiger partial charge is 0.476 e. The van der Waals surface area contributed by atoms with E-state index in [1.165, 1.54) is 19.2 Å². The van der Waals surface area contributed by atoms with Crippen molar-refractivity contribution in [3.05, 3.63) is 117 Å². The first kappa shape index (κ1) is 30.6. The van der Waals surface area contributed by atoms with E-state index in [1.807, 2.05) is 66.7 Å². The van der Waals surface area contributed by atoms with Crippen molar-refractivity contribution in [2.24, 2.45) is 0 Å². The molecule has 220 valence electrons. The molecule has 0 spiro atoms. The van der Waals surface area contributed by atoms with Crippen molar-refractivity contribution >= 4 is 37.8 Å². The van der Waals surface area contributed by atoms with Crippen LogP contribution in [0.4, 0.5) is 13.2 Å². The zero-order valence-corrected chi connectivity index (χ0v) is 26.1. The fourth-order valence-corrected chi connectivity index (χ4v) is 5.92. The summed E-state index contributed by atoms with van der Waals surface area (Å²) in [6.07, 6.45) is -4.94. The average Bonchev–Trinajstić information content (AvgIpc) is 3.39. The fraction of sp³-hybridized carbons (Fsp3) is 0.152. The Morgan fingerprint density at radius 3 is 2.14 bits per heavy atom. The number of carbonyl (C=O) groups is 1. The lowest BCUT2D eigenvalue weighted by molar-refractivity contribution is -0.148. The maximum absolute atomic E-state index is 13.0. The Morgan fingerprint density at radius 2 is 1.51 bits per heavy atom. The smallest absolute Gasteiger partial charge is 0.416 e. The molecule has 0 saturated carbocycles. The van der Waals surface area contributed by atoms with E-state index in [2.05, 4.69) is 36.8 Å². The van der Waals surface area contributed by atoms with Crippen molar-refractivity contribution in [3.8, 4) is 39.6 Å². The van der Waals surface area contributed by atoms with E-state index in [0.717, 1.165) is 34.4 Å². The quantitative estimate of drug-likeness (QED) is 0.150. The molecule has 4 aromatic carbocycles. The van der Waals surface area contributed by atoms with Gasteiger partial charge < -0.3 is 13.9 Å². The monoisotopic (exact) mass is 713 g/mol. The lowest BCUT2D eigenvalue weighted by atomic mass is 10.0. The molecule has 0 aliphatic heterocycles. The summed E-state index contributed by atoms with van der Waals surface area (Å²) in [6.45, 7) is 1.76. The summed E-state index contributed by atoms with van der Waals surface area (Å²) >= 11 is 7.19. The highest BCUT2D eigenvalue weighted by Gasteiger charge is 2.30. The second kappa shape index (κ2) is 12.8. The molecule has 0 radical (unpaired) electrons. The SMILES string of the molecule is COC(=O)C(Cc1ccccc1)Oc1c(Br)cc(-c2cccc(-c3nc(-c4ccc(C(F)(F)F)cc4)oc3C)c2)cc1Br. The number of aryl methyl sites for hydroxylation is 1. The van der Waals surface area contributed by atoms with Gasteiger partial charge in [0.05, 0.1) is 21.6 Å². The van der Waals surface area contributed by atoms with Crippen LogP contribution in [0.5, 0.6) is 5.75 Å². The molecule has 0 bridgehead atoms. The minimum absolute atomic E-state index is 0.231. The van der Waals surface area contributed by atoms with Crippen LogP contribution in [-0.2, 0) is 22.1 Å². The number of halogens is 5. The van der Waals surface area contributed by atoms with E-state index in [-0.39, 0.29) is 5.89 Å². The number of methoxy groups -OCH3 is 1. The van der Waals surface area contributed by atoms with Gasteiger partial charge in [-0.2, -0.15) is 13.2 Å². The lowest BCUT2D eigenvalue weighted by Crippen LogP contribution is -2.31. The molecular weight excluding hydrogens is 691 g/mol. The summed E-state index contributed by atoms with van der Waals surface area (Å²) in [4.78, 5) is 17.1. The van der Waals surface area contributed by atoms with Crippen LogP contribution in [0.25, 0.3) is 33.8 Å². The molecule has 0 N–H and O–H groups in total. The molecule has 43 heavy (non-hydrogen) atoms. The Morgan fingerprint density at radius 1 is 0.860 bits per heavy atom. The summed E-state index contributed by atoms with van der Waals surface area (Å²) in [5.41, 5.74) is 3.73. The maximum Gasteiger partial charge on any atom is 0.416 e. The zero-order valence-electron chi connectivity index (χ0n) is 22.9. The van der Waals surface area contributed by atoms with E-state index in [9.17, 15) is 18.0 Å². The molecule has 10 heteroatoms. The lowest BCUT2D eigenvalue weighted by Gasteiger charge is -2.20. The Balaban J connectivity index is 1.41. The highest BCUT2D eigenvalue weighted by Crippen LogP contribution is 2.40. The number of alkyl halides is 3. The minimum Gasteiger partial charge on any atom is -0.476 e. The fourth-order valence-electron chi connectivity index (χ4n) is 4.55. The molecule has 0 amide bonds. The molecule has 0 saturated heterocycles. The van der Waals surface area contributed by atoms with Gasteiger partial charge in [0.25, 0.3) is 0 Å². The number of carbonyl (C=O) groups excluding carboxylic acids is 1. The second-order valence-electron chi connectivity index (χ2n) is 9.67. The van der Waals surface area contributed by atoms with Crippen LogP contribution in [0.2, 0.25) is 0 Å². The molecular formula is C33H24Br2F3NO4. The van der Waals surface area contributed by atoms with Crippen molar-refractivity contribution in [1.82, 2.24) is 4.98 Å². The van der Waals surface area contributed by atoms with Gasteiger partial charge in [-0.3, -0.25) is 0 Å². The molecule has 0 aliphatic rings. The van der Waals surface area contributed by atoms with Crippen LogP contribution in [0.3, 0.4) is 0 Å². The van der Waals surface area contributed by atoms with Crippen LogP contribution in [-0.4, -0.2) is 24.2 Å². The number of esters is 1. The van der Waals surface area contributed by atoms with Gasteiger partial charge >= 0.3 is 12.1 Å². The molecule has 5 nitrogen and oxygen atoms in total. The number of nitrogens with zero attached hydrogens (tertiary/aromatic N) is 1. The number of benzene rings is 4. The molecule has 1 unspecified atom stereocenters. The van der Waals surface area contributed by atoms with E-state index in [0.29, 0.717) is 38.1 Å². The zero-order chi connectivity index (χ0) is 30.7. The highest BCUT2D eigenvalue weighted by molar-refractivity contribution is 9.11. The van der Waals surface area contributed by atoms with Gasteiger partial charge in [0.1, 0.15) is 17.2 Å². The van der Waals surface area contributed by atoms with Crippen molar-refractivity contribution in [2.75, 3.05) is 7.11 Å². The van der Waals surface area contributed by atoms with Crippen LogP contribution >= 0.6 is 31.9 Å². The van der Waals surface area contributed by atoms with Crippen molar-refractivity contribution < 1.29 is 31.9 Å². The van der Waals surface area contributed by atoms with Crippen molar-refractivity contribution in [1.29, 1.82) is 0 Å². The van der Waals surface area contributed by atoms with E-state index in [4.69, 9.17) is 13.9 Å². The number of hydrogen-bond donors (Lipinski definition) is 0. The van der Waals surface area contributed by atoms with Gasteiger partial charge in [-0.1, -0.05) is 48.5 Å². The van der Waals surface area contributed by atoms with Crippen LogP contribution in [0, 0.1) is 6.92 Å². The minimum atomic E-state index is -4.42. The first-order valence-corrected chi connectivity index (χ1v) is 14.7. The van der Waals surface area contributed by atoms with Crippen molar-refractivity contribution in [3.63, 3.8) is 0 Å². The molecule has 1 atom stereocenters. The van der Waals surface area contributed by atoms with Gasteiger partial charge in [-0.15, -0.1) is 0 Å². The summed E-state index contributed by atoms with van der Waals surface area (Å²) in [6, 6.07) is 25.7. The highest BCUT2D eigenvalue weighted by atomic mass is 79.9. The van der Waals surface area contributed by atoms with Crippen molar-refractivity contribution in [2.45, 2.75) is 25.6 Å². The topological polar surface area (TPSA) is 61.6 Å². The van der Waals surface area contributed by atoms with E-state index >= 15 is 0 Å². The third-order valence-electron chi connectivity index (χ3n) is 6.71. The number of ether oxygens (including phenoxy) is 2. The normalized spacial score (nSPS) is 12.2. The van der Waals surface area contributed by atoms with Gasteiger partial charge in [0, 0.05) is 17.5 Å². The number of oxazole rings is 1. The first-order chi connectivity index (χ1) is 20.5. The Labute approximate surface area is 262 Å². The summed E-state index contributed by atoms with van der Waals surface area (Å²) in [7, 11) is 1.33. The molecule has 1 aromatic heterocycles. The first-order valence-electron chi connectivity index (χ1n) is 13.1. The van der Waals surface area contributed by atoms with Crippen LogP contribution in [0.1, 0.15) is 16.9 Å². The molecule has 5 rings (SSSR count). The van der Waals surface area contributed by atoms with Crippen LogP contribution < -0.4 is 4.74 Å². The Bertz CT molecular complexity index is 1730. The second-order valence-corrected chi connectivity index (χ2v) is 11.4. The summed E-state index contributed by atoms with van der Waals surface area (Å²) in [5, 5.41) is 0. The molecule has 0 aliphatic carbocycles. The van der Waals surface area contributed by atoms with E-state index in [1.54, 1.807) is 6.92 Å². The number of rotatable bonds is 8. The third-order valence-corrected chi connectivity index (χ3v) is 7.89. The van der Waals surface area contributed by atoms with Crippen LogP contribution in [0.15, 0.2) is 104 Å². The Hall–Kier alpha value is -3.89. The summed E-state index contributed by atoms with van der Waals surface area (Å²) < 4.78 is 57.1. The number of aromatic nitrogens is 1. The maximum atomic E-state index is 13.0. The van der Waals surface area contributed by atoms with Gasteiger partial charge in [0.15, 0.2) is 6.10 Å². The molecule has 1 heterocycles. The van der Waals surface area contributed by atoms with Gasteiger partial charge in [-0.05, 0) is 97.9 Å². The Kier molecular flexibility index (Phi) is 9.08. The predicted octanol–water partition coefficient (Wildman–Crippen LogP) is 9.69. The standard InChI is InChI=1S/C33H24Br2F3NO4/c1-19-29(39-31(42-19)21-11-13-25(14-12-21)33(36,37)38)23-10-6-9-22(16-23)24-17-26(34)30(27(35)18-24)43-28(32(40)41-2)15-20-7-4-3-5-8-20/h3-14,16-18,28H,15H2,1-2H3. The average molecular weight is 715 g/mol. The molecule has 5 aromatic rings. The predicted molar refractivity (Wildman–Crippen MR) is 165 cm³/mol. The van der Waals surface area contributed by atoms with Gasteiger partial charge in [-0.25, -0.2) is 9.78 Å². The van der Waals surface area contributed by atoms with Gasteiger partial charge in [0.2, 0.25) is 5.89 Å². The van der Waals surface area contributed by atoms with E-state index < -0.39 is 23.8 Å². The number of hydrogen-bond acceptors (Lipinski definition) is 5. The summed E-state index contributed by atoms with van der Waals surface area (Å²) in [5.74, 6) is 0.734. The molecule has 0 fully saturated rings.